The molecule has 0 aliphatic heterocycles. The minimum Gasteiger partial charge on any atom is -0.299 e. The van der Waals surface area contributed by atoms with Crippen LogP contribution in [0.2, 0.25) is 0 Å². The van der Waals surface area contributed by atoms with Crippen molar-refractivity contribution >= 4 is 25.8 Å². The van der Waals surface area contributed by atoms with E-state index in [1.807, 2.05) is 13.8 Å². The fraction of sp³-hybridized carbons (Fsp3) is 0.562. The van der Waals surface area contributed by atoms with E-state index in [2.05, 4.69) is 0 Å². The molecule has 0 saturated heterocycles. The molecule has 0 heterocycles. The molecule has 2 saturated carbocycles. The summed E-state index contributed by atoms with van der Waals surface area (Å²) in [6, 6.07) is 7.33. The summed E-state index contributed by atoms with van der Waals surface area (Å²) in [6.45, 7) is 3.83. The second-order valence-corrected chi connectivity index (χ2v) is 11.0. The van der Waals surface area contributed by atoms with E-state index < -0.39 is 36.6 Å². The van der Waals surface area contributed by atoms with Crippen LogP contribution in [0.5, 0.6) is 0 Å². The quantitative estimate of drug-likeness (QED) is 0.849. The minimum atomic E-state index is -4.19. The number of ketones is 1. The van der Waals surface area contributed by atoms with Crippen LogP contribution >= 0.6 is 0 Å². The molecule has 1 aromatic carbocycles. The summed E-state index contributed by atoms with van der Waals surface area (Å²) in [6.07, 6.45) is 1.68. The van der Waals surface area contributed by atoms with Gasteiger partial charge in [0, 0.05) is 11.8 Å². The van der Waals surface area contributed by atoms with Crippen molar-refractivity contribution in [3.63, 3.8) is 0 Å². The Morgan fingerprint density at radius 1 is 1.12 bits per heavy atom. The van der Waals surface area contributed by atoms with E-state index in [4.69, 9.17) is 0 Å². The van der Waals surface area contributed by atoms with Gasteiger partial charge in [-0.05, 0) is 36.3 Å². The Morgan fingerprint density at radius 3 is 2.25 bits per heavy atom. The zero-order chi connectivity index (χ0) is 17.8. The van der Waals surface area contributed by atoms with E-state index in [9.17, 15) is 21.6 Å². The first-order valence-corrected chi connectivity index (χ1v) is 11.0. The Morgan fingerprint density at radius 2 is 1.75 bits per heavy atom. The molecule has 2 bridgehead atoms. The lowest BCUT2D eigenvalue weighted by molar-refractivity contribution is -0.128. The highest BCUT2D eigenvalue weighted by Crippen LogP contribution is 2.64. The Hall–Kier alpha value is -1.25. The fourth-order valence-electron chi connectivity index (χ4n) is 4.28. The predicted molar refractivity (Wildman–Crippen MR) is 89.1 cm³/mol. The van der Waals surface area contributed by atoms with Gasteiger partial charge in [0.1, 0.15) is 5.78 Å². The molecule has 0 amide bonds. The van der Waals surface area contributed by atoms with E-state index >= 15 is 0 Å². The molecular formula is C16H21NO5S2. The van der Waals surface area contributed by atoms with Crippen LogP contribution in [0.1, 0.15) is 33.1 Å². The third-order valence-electron chi connectivity index (χ3n) is 5.87. The smallest absolute Gasteiger partial charge is 0.253 e. The van der Waals surface area contributed by atoms with Crippen LogP contribution in [0.4, 0.5) is 0 Å². The molecule has 0 spiro atoms. The van der Waals surface area contributed by atoms with Crippen molar-refractivity contribution in [2.75, 3.05) is 5.75 Å². The van der Waals surface area contributed by atoms with Crippen molar-refractivity contribution in [3.8, 4) is 0 Å². The molecule has 1 aromatic rings. The average molecular weight is 371 g/mol. The van der Waals surface area contributed by atoms with Crippen LogP contribution in [0.15, 0.2) is 35.2 Å². The third kappa shape index (κ3) is 2.60. The molecule has 24 heavy (non-hydrogen) atoms. The Balaban J connectivity index is 1.89. The summed E-state index contributed by atoms with van der Waals surface area (Å²) in [5.74, 6) is -0.369. The Bertz CT molecular complexity index is 874. The van der Waals surface area contributed by atoms with Crippen molar-refractivity contribution in [1.29, 1.82) is 0 Å². The fourth-order valence-corrected chi connectivity index (χ4v) is 8.08. The lowest BCUT2D eigenvalue weighted by Gasteiger charge is -2.36. The highest BCUT2D eigenvalue weighted by Gasteiger charge is 2.65. The summed E-state index contributed by atoms with van der Waals surface area (Å²) in [4.78, 5) is 12.3. The monoisotopic (exact) mass is 371 g/mol. The van der Waals surface area contributed by atoms with Crippen LogP contribution in [-0.2, 0) is 24.8 Å². The predicted octanol–water partition coefficient (Wildman–Crippen LogP) is 1.69. The number of carbonyl (C=O) groups is 1. The van der Waals surface area contributed by atoms with Gasteiger partial charge < -0.3 is 0 Å². The van der Waals surface area contributed by atoms with Gasteiger partial charge in [0.2, 0.25) is 10.0 Å². The van der Waals surface area contributed by atoms with Crippen LogP contribution in [0, 0.1) is 16.7 Å². The largest absolute Gasteiger partial charge is 0.299 e. The number of sulfonamides is 2. The van der Waals surface area contributed by atoms with E-state index in [0.717, 1.165) is 6.42 Å². The standard InChI is InChI=1S/C16H21NO5S2/c1-15(2)12-8-9-16(15,14(18)10-12)11-23(19,20)17-24(21,22)13-6-4-3-5-7-13/h3-7,12,17H,8-11H2,1-2H3. The average Bonchev–Trinajstić information content (AvgIpc) is 2.80. The first-order chi connectivity index (χ1) is 11.0. The van der Waals surface area contributed by atoms with Gasteiger partial charge >= 0.3 is 0 Å². The molecule has 0 radical (unpaired) electrons. The number of nitrogens with one attached hydrogen (secondary N) is 1. The van der Waals surface area contributed by atoms with Gasteiger partial charge in [-0.15, -0.1) is 4.13 Å². The second-order valence-electron chi connectivity index (χ2n) is 7.33. The van der Waals surface area contributed by atoms with Gasteiger partial charge in [-0.1, -0.05) is 32.0 Å². The summed E-state index contributed by atoms with van der Waals surface area (Å²) < 4.78 is 51.5. The number of fused-ring (bicyclic) bond motifs is 2. The lowest BCUT2D eigenvalue weighted by atomic mass is 9.70. The molecule has 2 unspecified atom stereocenters. The van der Waals surface area contributed by atoms with E-state index in [-0.39, 0.29) is 16.6 Å². The number of rotatable bonds is 5. The zero-order valence-electron chi connectivity index (χ0n) is 13.7. The van der Waals surface area contributed by atoms with Gasteiger partial charge in [-0.3, -0.25) is 4.79 Å². The number of hydrogen-bond acceptors (Lipinski definition) is 5. The van der Waals surface area contributed by atoms with Gasteiger partial charge in [0.05, 0.1) is 10.6 Å². The minimum absolute atomic E-state index is 0.0637. The molecule has 2 aliphatic carbocycles. The van der Waals surface area contributed by atoms with Crippen LogP contribution in [0.25, 0.3) is 0 Å². The molecule has 132 valence electrons. The first kappa shape index (κ1) is 17.6. The van der Waals surface area contributed by atoms with Gasteiger partial charge in [-0.25, -0.2) is 16.8 Å². The Kier molecular flexibility index (Phi) is 3.93. The lowest BCUT2D eigenvalue weighted by Crippen LogP contribution is -2.46. The summed E-state index contributed by atoms with van der Waals surface area (Å²) >= 11 is 0. The van der Waals surface area contributed by atoms with Gasteiger partial charge in [0.15, 0.2) is 0 Å². The first-order valence-electron chi connectivity index (χ1n) is 7.85. The highest BCUT2D eigenvalue weighted by molar-refractivity contribution is 8.04. The molecule has 6 nitrogen and oxygen atoms in total. The van der Waals surface area contributed by atoms with Crippen LogP contribution in [0.3, 0.4) is 0 Å². The second kappa shape index (κ2) is 5.37. The maximum atomic E-state index is 12.5. The molecule has 2 fully saturated rings. The van der Waals surface area contributed by atoms with Crippen molar-refractivity contribution in [1.82, 2.24) is 4.13 Å². The summed E-state index contributed by atoms with van der Waals surface area (Å²) in [7, 11) is -8.36. The van der Waals surface area contributed by atoms with Crippen LogP contribution in [-0.4, -0.2) is 28.4 Å². The van der Waals surface area contributed by atoms with Gasteiger partial charge in [0.25, 0.3) is 10.0 Å². The van der Waals surface area contributed by atoms with Crippen molar-refractivity contribution in [2.45, 2.75) is 38.0 Å². The van der Waals surface area contributed by atoms with Crippen LogP contribution < -0.4 is 4.13 Å². The number of Topliss-reactive ketones (excluding diaryl/α,β-unsaturated/α-hetero) is 1. The molecular weight excluding hydrogens is 350 g/mol. The highest BCUT2D eigenvalue weighted by atomic mass is 32.3. The number of hydrogen-bond donors (Lipinski definition) is 1. The van der Waals surface area contributed by atoms with Crippen molar-refractivity contribution in [3.05, 3.63) is 30.3 Å². The molecule has 8 heteroatoms. The zero-order valence-corrected chi connectivity index (χ0v) is 15.3. The molecule has 2 atom stereocenters. The Labute approximate surface area is 142 Å². The molecule has 1 N–H and O–H groups in total. The number of benzene rings is 1. The normalized spacial score (nSPS) is 29.1. The van der Waals surface area contributed by atoms with E-state index in [1.165, 1.54) is 24.3 Å². The number of carbonyl (C=O) groups excluding carboxylic acids is 1. The summed E-state index contributed by atoms with van der Waals surface area (Å²) in [5, 5.41) is 0. The van der Waals surface area contributed by atoms with E-state index in [1.54, 1.807) is 10.2 Å². The summed E-state index contributed by atoms with van der Waals surface area (Å²) in [5.41, 5.74) is -1.43. The topological polar surface area (TPSA) is 97.4 Å². The molecule has 2 aliphatic rings. The van der Waals surface area contributed by atoms with Crippen molar-refractivity contribution < 1.29 is 21.6 Å². The van der Waals surface area contributed by atoms with Gasteiger partial charge in [-0.2, -0.15) is 0 Å². The molecule has 0 aromatic heterocycles. The molecule has 3 rings (SSSR count). The maximum absolute atomic E-state index is 12.5. The third-order valence-corrected chi connectivity index (χ3v) is 9.52. The SMILES string of the molecule is CC1(C)C2CCC1(CS(=O)(=O)NS(=O)(=O)c1ccccc1)C(=O)C2. The van der Waals surface area contributed by atoms with Crippen molar-refractivity contribution in [2.24, 2.45) is 16.7 Å². The van der Waals surface area contributed by atoms with E-state index in [0.29, 0.717) is 12.8 Å². The maximum Gasteiger partial charge on any atom is 0.253 e.